The van der Waals surface area contributed by atoms with Crippen LogP contribution in [0.5, 0.6) is 0 Å². The van der Waals surface area contributed by atoms with Gasteiger partial charge >= 0.3 is 5.63 Å². The van der Waals surface area contributed by atoms with Gasteiger partial charge in [0, 0.05) is 29.1 Å². The molecule has 0 saturated carbocycles. The van der Waals surface area contributed by atoms with Gasteiger partial charge in [0.25, 0.3) is 0 Å². The number of nitrogens with zero attached hydrogens (tertiary/aromatic N) is 2. The van der Waals surface area contributed by atoms with E-state index in [9.17, 15) is 9.18 Å². The van der Waals surface area contributed by atoms with Crippen LogP contribution in [0.2, 0.25) is 0 Å². The molecule has 0 fully saturated rings. The van der Waals surface area contributed by atoms with Crippen LogP contribution in [0.15, 0.2) is 76.2 Å². The van der Waals surface area contributed by atoms with E-state index >= 15 is 0 Å². The summed E-state index contributed by atoms with van der Waals surface area (Å²) in [6.45, 7) is 0. The van der Waals surface area contributed by atoms with Crippen LogP contribution in [0.25, 0.3) is 27.2 Å². The fourth-order valence-corrected chi connectivity index (χ4v) is 4.09. The summed E-state index contributed by atoms with van der Waals surface area (Å²) in [7, 11) is 0. The third-order valence-electron chi connectivity index (χ3n) is 4.41. The van der Waals surface area contributed by atoms with Gasteiger partial charge in [-0.1, -0.05) is 37.8 Å². The second-order valence-corrected chi connectivity index (χ2v) is 7.40. The number of halogens is 1. The number of hydrogen-bond donors (Lipinski definition) is 0. The van der Waals surface area contributed by atoms with Crippen molar-refractivity contribution in [1.82, 2.24) is 9.38 Å². The molecule has 5 aromatic rings. The highest BCUT2D eigenvalue weighted by molar-refractivity contribution is 7.17. The van der Waals surface area contributed by atoms with Crippen LogP contribution in [0.3, 0.4) is 0 Å². The van der Waals surface area contributed by atoms with Crippen molar-refractivity contribution >= 4 is 27.3 Å². The number of thiazole rings is 1. The summed E-state index contributed by atoms with van der Waals surface area (Å²) in [5.74, 6) is -0.237. The Morgan fingerprint density at radius 3 is 2.64 bits per heavy atom. The van der Waals surface area contributed by atoms with E-state index in [1.807, 2.05) is 41.1 Å². The lowest BCUT2D eigenvalue weighted by molar-refractivity contribution is 0.563. The number of rotatable bonds is 3. The van der Waals surface area contributed by atoms with Crippen molar-refractivity contribution in [2.75, 3.05) is 0 Å². The molecular formula is C22H17FN2O2S. The normalized spacial score (nSPS) is 11.0. The van der Waals surface area contributed by atoms with Gasteiger partial charge in [0.05, 0.1) is 11.3 Å². The largest absolute Gasteiger partial charge is 0.422 e. The van der Waals surface area contributed by atoms with Crippen LogP contribution in [-0.4, -0.2) is 9.38 Å². The van der Waals surface area contributed by atoms with E-state index in [1.54, 1.807) is 29.5 Å². The molecule has 0 amide bonds. The Balaban J connectivity index is 0.00000192. The minimum atomic E-state index is -0.397. The fraction of sp³-hybridized carbons (Fsp3) is 0.0909. The lowest BCUT2D eigenvalue weighted by Crippen LogP contribution is -2.02. The Morgan fingerprint density at radius 2 is 1.86 bits per heavy atom. The molecule has 0 N–H and O–H groups in total. The fourth-order valence-electron chi connectivity index (χ4n) is 3.10. The number of aromatic nitrogens is 2. The highest BCUT2D eigenvalue weighted by Crippen LogP contribution is 2.25. The number of fused-ring (bicyclic) bond motifs is 2. The molecular weight excluding hydrogens is 375 g/mol. The first-order valence-corrected chi connectivity index (χ1v) is 9.22. The third-order valence-corrected chi connectivity index (χ3v) is 5.41. The monoisotopic (exact) mass is 392 g/mol. The molecule has 140 valence electrons. The molecule has 4 nitrogen and oxygen atoms in total. The molecule has 3 aromatic heterocycles. The van der Waals surface area contributed by atoms with E-state index in [0.717, 1.165) is 20.8 Å². The van der Waals surface area contributed by atoms with Crippen LogP contribution < -0.4 is 5.63 Å². The summed E-state index contributed by atoms with van der Waals surface area (Å²) >= 11 is 1.55. The van der Waals surface area contributed by atoms with E-state index < -0.39 is 5.63 Å². The van der Waals surface area contributed by atoms with Gasteiger partial charge in [-0.05, 0) is 29.8 Å². The van der Waals surface area contributed by atoms with Crippen LogP contribution >= 0.6 is 11.3 Å². The first kappa shape index (κ1) is 18.1. The molecule has 0 atom stereocenters. The Hall–Kier alpha value is -3.25. The third kappa shape index (κ3) is 3.23. The molecule has 0 aliphatic rings. The van der Waals surface area contributed by atoms with Crippen molar-refractivity contribution < 1.29 is 8.81 Å². The standard InChI is InChI=1S/C21H13FN2O2S.CH4/c22-15-7-5-13(6-8-15)9-16-11-24-12-18(23-21(24)27-16)17-10-14-3-1-2-4-19(14)26-20(17)25;/h1-8,10-12H,9H2;1H4. The minimum absolute atomic E-state index is 0. The molecule has 0 bridgehead atoms. The van der Waals surface area contributed by atoms with Crippen LogP contribution in [0.1, 0.15) is 17.9 Å². The van der Waals surface area contributed by atoms with Crippen molar-refractivity contribution in [2.45, 2.75) is 13.8 Å². The summed E-state index contributed by atoms with van der Waals surface area (Å²) in [6, 6.07) is 15.7. The maximum Gasteiger partial charge on any atom is 0.345 e. The quantitative estimate of drug-likeness (QED) is 0.379. The molecule has 0 aliphatic carbocycles. The van der Waals surface area contributed by atoms with Gasteiger partial charge in [0.15, 0.2) is 4.96 Å². The lowest BCUT2D eigenvalue weighted by atomic mass is 10.1. The van der Waals surface area contributed by atoms with Gasteiger partial charge in [-0.2, -0.15) is 0 Å². The van der Waals surface area contributed by atoms with E-state index in [1.165, 1.54) is 12.1 Å². The van der Waals surface area contributed by atoms with Crippen molar-refractivity contribution in [1.29, 1.82) is 0 Å². The summed E-state index contributed by atoms with van der Waals surface area (Å²) in [5.41, 5.74) is 2.25. The van der Waals surface area contributed by atoms with Gasteiger partial charge < -0.3 is 4.42 Å². The molecule has 5 rings (SSSR count). The van der Waals surface area contributed by atoms with Crippen molar-refractivity contribution in [3.05, 3.63) is 93.7 Å². The summed E-state index contributed by atoms with van der Waals surface area (Å²) in [6.07, 6.45) is 4.53. The maximum atomic E-state index is 13.0. The van der Waals surface area contributed by atoms with E-state index in [0.29, 0.717) is 23.3 Å². The molecule has 0 spiro atoms. The Labute approximate surface area is 164 Å². The lowest BCUT2D eigenvalue weighted by Gasteiger charge is -1.99. The van der Waals surface area contributed by atoms with Crippen molar-refractivity contribution in [2.24, 2.45) is 0 Å². The van der Waals surface area contributed by atoms with E-state index in [2.05, 4.69) is 4.98 Å². The molecule has 0 aliphatic heterocycles. The van der Waals surface area contributed by atoms with E-state index in [-0.39, 0.29) is 13.2 Å². The first-order chi connectivity index (χ1) is 13.2. The van der Waals surface area contributed by atoms with Crippen LogP contribution in [0.4, 0.5) is 4.39 Å². The topological polar surface area (TPSA) is 47.5 Å². The van der Waals surface area contributed by atoms with Crippen molar-refractivity contribution in [3.63, 3.8) is 0 Å². The zero-order chi connectivity index (χ0) is 18.4. The number of hydrogen-bond acceptors (Lipinski definition) is 4. The van der Waals surface area contributed by atoms with Crippen LogP contribution in [0, 0.1) is 5.82 Å². The smallest absolute Gasteiger partial charge is 0.345 e. The van der Waals surface area contributed by atoms with Gasteiger partial charge in [-0.3, -0.25) is 4.40 Å². The predicted octanol–water partition coefficient (Wildman–Crippen LogP) is 5.54. The Kier molecular flexibility index (Phi) is 4.57. The maximum absolute atomic E-state index is 13.0. The molecule has 6 heteroatoms. The Morgan fingerprint density at radius 1 is 1.07 bits per heavy atom. The zero-order valence-electron chi connectivity index (χ0n) is 14.1. The highest BCUT2D eigenvalue weighted by Gasteiger charge is 2.13. The summed E-state index contributed by atoms with van der Waals surface area (Å²) in [4.78, 5) is 18.8. The first-order valence-electron chi connectivity index (χ1n) is 8.41. The predicted molar refractivity (Wildman–Crippen MR) is 110 cm³/mol. The second-order valence-electron chi connectivity index (χ2n) is 6.30. The molecule has 0 radical (unpaired) electrons. The summed E-state index contributed by atoms with van der Waals surface area (Å²) < 4.78 is 20.3. The van der Waals surface area contributed by atoms with Crippen LogP contribution in [-0.2, 0) is 6.42 Å². The molecule has 0 saturated heterocycles. The number of imidazole rings is 1. The Bertz CT molecular complexity index is 1300. The molecule has 3 heterocycles. The van der Waals surface area contributed by atoms with E-state index in [4.69, 9.17) is 4.42 Å². The average Bonchev–Trinajstić information content (AvgIpc) is 3.21. The number of benzene rings is 2. The average molecular weight is 392 g/mol. The van der Waals surface area contributed by atoms with Gasteiger partial charge in [0.2, 0.25) is 0 Å². The molecule has 0 unspecified atom stereocenters. The second kappa shape index (κ2) is 7.05. The highest BCUT2D eigenvalue weighted by atomic mass is 32.1. The van der Waals surface area contributed by atoms with Crippen molar-refractivity contribution in [3.8, 4) is 11.3 Å². The SMILES string of the molecule is C.O=c1oc2ccccc2cc1-c1cn2cc(Cc3ccc(F)cc3)sc2n1. The zero-order valence-corrected chi connectivity index (χ0v) is 14.9. The number of para-hydroxylation sites is 1. The minimum Gasteiger partial charge on any atom is -0.422 e. The van der Waals surface area contributed by atoms with Gasteiger partial charge in [-0.25, -0.2) is 14.2 Å². The molecule has 28 heavy (non-hydrogen) atoms. The molecule has 2 aromatic carbocycles. The summed E-state index contributed by atoms with van der Waals surface area (Å²) in [5, 5.41) is 0.862. The van der Waals surface area contributed by atoms with Gasteiger partial charge in [-0.15, -0.1) is 11.3 Å². The van der Waals surface area contributed by atoms with Gasteiger partial charge in [0.1, 0.15) is 11.4 Å².